The second-order valence-electron chi connectivity index (χ2n) is 5.92. The van der Waals surface area contributed by atoms with E-state index in [-0.39, 0.29) is 5.56 Å². The van der Waals surface area contributed by atoms with E-state index in [4.69, 9.17) is 9.72 Å². The number of aromatic nitrogens is 2. The van der Waals surface area contributed by atoms with Crippen LogP contribution in [0, 0.1) is 0 Å². The maximum atomic E-state index is 13.1. The van der Waals surface area contributed by atoms with E-state index < -0.39 is 0 Å². The van der Waals surface area contributed by atoms with Crippen molar-refractivity contribution in [2.24, 2.45) is 0 Å². The van der Waals surface area contributed by atoms with Gasteiger partial charge in [-0.1, -0.05) is 42.5 Å². The minimum Gasteiger partial charge on any atom is -0.379 e. The summed E-state index contributed by atoms with van der Waals surface area (Å²) in [6, 6.07) is 17.4. The molecule has 1 aliphatic heterocycles. The number of para-hydroxylation sites is 1. The second kappa shape index (κ2) is 6.55. The minimum atomic E-state index is 0.00550. The lowest BCUT2D eigenvalue weighted by molar-refractivity contribution is 0.0231. The van der Waals surface area contributed by atoms with Gasteiger partial charge in [-0.3, -0.25) is 14.3 Å². The quantitative estimate of drug-likeness (QED) is 0.743. The standard InChI is InChI=1S/C19H19N3O2/c23-19-16-8-4-5-9-17(16)20-18(15-6-2-1-3-7-15)22(19)14-21-10-12-24-13-11-21/h1-9H,10-14H2. The fourth-order valence-corrected chi connectivity index (χ4v) is 3.05. The molecule has 5 nitrogen and oxygen atoms in total. The third-order valence-corrected chi connectivity index (χ3v) is 4.34. The molecular formula is C19H19N3O2. The van der Waals surface area contributed by atoms with Gasteiger partial charge in [0.25, 0.3) is 5.56 Å². The van der Waals surface area contributed by atoms with Gasteiger partial charge < -0.3 is 4.74 Å². The highest BCUT2D eigenvalue weighted by Gasteiger charge is 2.17. The highest BCUT2D eigenvalue weighted by Crippen LogP contribution is 2.19. The summed E-state index contributed by atoms with van der Waals surface area (Å²) in [5.41, 5.74) is 1.69. The number of nitrogens with zero attached hydrogens (tertiary/aromatic N) is 3. The molecule has 2 heterocycles. The van der Waals surface area contributed by atoms with E-state index in [0.29, 0.717) is 31.1 Å². The number of ether oxygens (including phenoxy) is 1. The zero-order chi connectivity index (χ0) is 16.4. The molecule has 0 atom stereocenters. The molecule has 0 amide bonds. The Kier molecular flexibility index (Phi) is 4.11. The Morgan fingerprint density at radius 2 is 1.67 bits per heavy atom. The molecule has 24 heavy (non-hydrogen) atoms. The Morgan fingerprint density at radius 3 is 2.46 bits per heavy atom. The van der Waals surface area contributed by atoms with Crippen LogP contribution in [0.3, 0.4) is 0 Å². The van der Waals surface area contributed by atoms with Crippen molar-refractivity contribution in [2.45, 2.75) is 6.67 Å². The van der Waals surface area contributed by atoms with Gasteiger partial charge >= 0.3 is 0 Å². The predicted octanol–water partition coefficient (Wildman–Crippen LogP) is 2.35. The van der Waals surface area contributed by atoms with Crippen molar-refractivity contribution < 1.29 is 4.74 Å². The predicted molar refractivity (Wildman–Crippen MR) is 93.8 cm³/mol. The fourth-order valence-electron chi connectivity index (χ4n) is 3.05. The van der Waals surface area contributed by atoms with E-state index in [9.17, 15) is 4.79 Å². The summed E-state index contributed by atoms with van der Waals surface area (Å²) >= 11 is 0. The Hall–Kier alpha value is -2.50. The van der Waals surface area contributed by atoms with Gasteiger partial charge in [0.1, 0.15) is 5.82 Å². The Balaban J connectivity index is 1.88. The molecule has 0 aliphatic carbocycles. The molecule has 0 spiro atoms. The Labute approximate surface area is 140 Å². The molecule has 3 aromatic rings. The molecule has 0 unspecified atom stereocenters. The zero-order valence-electron chi connectivity index (χ0n) is 13.4. The minimum absolute atomic E-state index is 0.00550. The van der Waals surface area contributed by atoms with E-state index >= 15 is 0 Å². The van der Waals surface area contributed by atoms with Crippen molar-refractivity contribution in [1.29, 1.82) is 0 Å². The molecule has 4 rings (SSSR count). The van der Waals surface area contributed by atoms with Crippen molar-refractivity contribution in [3.8, 4) is 11.4 Å². The van der Waals surface area contributed by atoms with E-state index in [2.05, 4.69) is 4.90 Å². The fraction of sp³-hybridized carbons (Fsp3) is 0.263. The van der Waals surface area contributed by atoms with Gasteiger partial charge in [0.15, 0.2) is 0 Å². The molecule has 1 aliphatic rings. The highest BCUT2D eigenvalue weighted by molar-refractivity contribution is 5.79. The van der Waals surface area contributed by atoms with Crippen LogP contribution in [0.2, 0.25) is 0 Å². The van der Waals surface area contributed by atoms with Gasteiger partial charge in [-0.05, 0) is 12.1 Å². The molecule has 1 saturated heterocycles. The van der Waals surface area contributed by atoms with Crippen LogP contribution in [0.5, 0.6) is 0 Å². The third kappa shape index (κ3) is 2.84. The number of hydrogen-bond donors (Lipinski definition) is 0. The summed E-state index contributed by atoms with van der Waals surface area (Å²) in [5.74, 6) is 0.714. The molecule has 1 fully saturated rings. The SMILES string of the molecule is O=c1c2ccccc2nc(-c2ccccc2)n1CN1CCOCC1. The highest BCUT2D eigenvalue weighted by atomic mass is 16.5. The summed E-state index contributed by atoms with van der Waals surface area (Å²) in [7, 11) is 0. The summed E-state index contributed by atoms with van der Waals surface area (Å²) < 4.78 is 7.19. The van der Waals surface area contributed by atoms with Crippen LogP contribution in [0.4, 0.5) is 0 Å². The first kappa shape index (κ1) is 15.1. The first-order valence-corrected chi connectivity index (χ1v) is 8.18. The Morgan fingerprint density at radius 1 is 0.958 bits per heavy atom. The molecular weight excluding hydrogens is 302 g/mol. The first-order chi connectivity index (χ1) is 11.8. The molecule has 0 saturated carbocycles. The van der Waals surface area contributed by atoms with Gasteiger partial charge in [-0.15, -0.1) is 0 Å². The van der Waals surface area contributed by atoms with Crippen LogP contribution >= 0.6 is 0 Å². The van der Waals surface area contributed by atoms with Gasteiger partial charge in [-0.25, -0.2) is 4.98 Å². The molecule has 1 aromatic heterocycles. The molecule has 122 valence electrons. The van der Waals surface area contributed by atoms with Gasteiger partial charge in [0, 0.05) is 18.7 Å². The van der Waals surface area contributed by atoms with Crippen LogP contribution in [0.15, 0.2) is 59.4 Å². The smallest absolute Gasteiger partial charge is 0.262 e. The number of hydrogen-bond acceptors (Lipinski definition) is 4. The maximum absolute atomic E-state index is 13.1. The first-order valence-electron chi connectivity index (χ1n) is 8.18. The van der Waals surface area contributed by atoms with Crippen LogP contribution in [0.25, 0.3) is 22.3 Å². The van der Waals surface area contributed by atoms with E-state index in [1.54, 1.807) is 4.57 Å². The average Bonchev–Trinajstić information content (AvgIpc) is 2.65. The van der Waals surface area contributed by atoms with Gasteiger partial charge in [0.05, 0.1) is 30.8 Å². The lowest BCUT2D eigenvalue weighted by Gasteiger charge is -2.28. The van der Waals surface area contributed by atoms with E-state index in [0.717, 1.165) is 24.2 Å². The number of rotatable bonds is 3. The molecule has 0 bridgehead atoms. The average molecular weight is 321 g/mol. The maximum Gasteiger partial charge on any atom is 0.262 e. The summed E-state index contributed by atoms with van der Waals surface area (Å²) in [5, 5.41) is 0.658. The van der Waals surface area contributed by atoms with Crippen LogP contribution < -0.4 is 5.56 Å². The lowest BCUT2D eigenvalue weighted by atomic mass is 10.2. The summed E-state index contributed by atoms with van der Waals surface area (Å²) in [6.07, 6.45) is 0. The number of morpholine rings is 1. The second-order valence-corrected chi connectivity index (χ2v) is 5.92. The summed E-state index contributed by atoms with van der Waals surface area (Å²) in [4.78, 5) is 20.1. The van der Waals surface area contributed by atoms with E-state index in [1.807, 2.05) is 54.6 Å². The topological polar surface area (TPSA) is 47.4 Å². The Bertz CT molecular complexity index is 899. The molecule has 2 aromatic carbocycles. The molecule has 0 radical (unpaired) electrons. The molecule has 0 N–H and O–H groups in total. The summed E-state index contributed by atoms with van der Waals surface area (Å²) in [6.45, 7) is 3.60. The van der Waals surface area contributed by atoms with Crippen molar-refractivity contribution >= 4 is 10.9 Å². The van der Waals surface area contributed by atoms with Crippen LogP contribution in [-0.4, -0.2) is 40.8 Å². The largest absolute Gasteiger partial charge is 0.379 e. The zero-order valence-corrected chi connectivity index (χ0v) is 13.4. The number of benzene rings is 2. The van der Waals surface area contributed by atoms with E-state index in [1.165, 1.54) is 0 Å². The monoisotopic (exact) mass is 321 g/mol. The van der Waals surface area contributed by atoms with Gasteiger partial charge in [-0.2, -0.15) is 0 Å². The van der Waals surface area contributed by atoms with Gasteiger partial charge in [0.2, 0.25) is 0 Å². The van der Waals surface area contributed by atoms with Crippen molar-refractivity contribution in [3.05, 3.63) is 65.0 Å². The van der Waals surface area contributed by atoms with Crippen molar-refractivity contribution in [2.75, 3.05) is 26.3 Å². The normalized spacial score (nSPS) is 15.7. The van der Waals surface area contributed by atoms with Crippen LogP contribution in [-0.2, 0) is 11.4 Å². The van der Waals surface area contributed by atoms with Crippen molar-refractivity contribution in [1.82, 2.24) is 14.5 Å². The third-order valence-electron chi connectivity index (χ3n) is 4.34. The molecule has 5 heteroatoms. The van der Waals surface area contributed by atoms with Crippen LogP contribution in [0.1, 0.15) is 0 Å². The lowest BCUT2D eigenvalue weighted by Crippen LogP contribution is -2.40. The number of fused-ring (bicyclic) bond motifs is 1. The van der Waals surface area contributed by atoms with Crippen molar-refractivity contribution in [3.63, 3.8) is 0 Å².